The van der Waals surface area contributed by atoms with Gasteiger partial charge in [0, 0.05) is 40.2 Å². The summed E-state index contributed by atoms with van der Waals surface area (Å²) in [6.45, 7) is 2.16. The third-order valence-corrected chi connectivity index (χ3v) is 4.62. The van der Waals surface area contributed by atoms with Gasteiger partial charge >= 0.3 is 0 Å². The highest BCUT2D eigenvalue weighted by Crippen LogP contribution is 2.35. The summed E-state index contributed by atoms with van der Waals surface area (Å²) in [6, 6.07) is 11.9. The van der Waals surface area contributed by atoms with Crippen molar-refractivity contribution in [3.8, 4) is 5.75 Å². The SMILES string of the molecule is COc1ccc2[nH]c(C)c(CCO)c2c1Cc1ccccc1Cl. The number of hydrogen-bond acceptors (Lipinski definition) is 2. The highest BCUT2D eigenvalue weighted by Gasteiger charge is 2.17. The topological polar surface area (TPSA) is 45.2 Å². The van der Waals surface area contributed by atoms with Crippen LogP contribution in [0.2, 0.25) is 5.02 Å². The van der Waals surface area contributed by atoms with Crippen LogP contribution < -0.4 is 4.74 Å². The van der Waals surface area contributed by atoms with Crippen LogP contribution >= 0.6 is 11.6 Å². The van der Waals surface area contributed by atoms with Crippen LogP contribution in [-0.4, -0.2) is 23.8 Å². The van der Waals surface area contributed by atoms with E-state index in [4.69, 9.17) is 16.3 Å². The van der Waals surface area contributed by atoms with Gasteiger partial charge in [0.05, 0.1) is 7.11 Å². The van der Waals surface area contributed by atoms with E-state index in [1.807, 2.05) is 43.3 Å². The number of halogens is 1. The first kappa shape index (κ1) is 15.9. The Morgan fingerprint density at radius 1 is 1.13 bits per heavy atom. The van der Waals surface area contributed by atoms with Crippen molar-refractivity contribution in [2.45, 2.75) is 19.8 Å². The number of aliphatic hydroxyl groups is 1. The van der Waals surface area contributed by atoms with Gasteiger partial charge in [-0.15, -0.1) is 0 Å². The minimum Gasteiger partial charge on any atom is -0.496 e. The van der Waals surface area contributed by atoms with Gasteiger partial charge < -0.3 is 14.8 Å². The number of hydrogen-bond donors (Lipinski definition) is 2. The van der Waals surface area contributed by atoms with Gasteiger partial charge in [0.15, 0.2) is 0 Å². The fourth-order valence-electron chi connectivity index (χ4n) is 3.17. The van der Waals surface area contributed by atoms with Gasteiger partial charge in [0.2, 0.25) is 0 Å². The number of H-pyrrole nitrogens is 1. The summed E-state index contributed by atoms with van der Waals surface area (Å²) in [5, 5.41) is 11.3. The van der Waals surface area contributed by atoms with Crippen LogP contribution in [0.1, 0.15) is 22.4 Å². The molecule has 2 N–H and O–H groups in total. The molecule has 0 radical (unpaired) electrons. The molecule has 0 unspecified atom stereocenters. The van der Waals surface area contributed by atoms with Crippen molar-refractivity contribution >= 4 is 22.5 Å². The molecule has 0 amide bonds. The lowest BCUT2D eigenvalue weighted by Crippen LogP contribution is -1.98. The summed E-state index contributed by atoms with van der Waals surface area (Å²) >= 11 is 6.34. The molecule has 0 bridgehead atoms. The van der Waals surface area contributed by atoms with Gasteiger partial charge in [-0.3, -0.25) is 0 Å². The van der Waals surface area contributed by atoms with Gasteiger partial charge in [-0.25, -0.2) is 0 Å². The minimum absolute atomic E-state index is 0.122. The Kier molecular flexibility index (Phi) is 4.60. The van der Waals surface area contributed by atoms with E-state index >= 15 is 0 Å². The number of nitrogens with one attached hydrogen (secondary N) is 1. The fraction of sp³-hybridized carbons (Fsp3) is 0.263. The molecule has 1 heterocycles. The van der Waals surface area contributed by atoms with Gasteiger partial charge in [0.1, 0.15) is 5.75 Å². The van der Waals surface area contributed by atoms with Crippen molar-refractivity contribution in [1.82, 2.24) is 4.98 Å². The number of methoxy groups -OCH3 is 1. The quantitative estimate of drug-likeness (QED) is 0.734. The number of ether oxygens (including phenoxy) is 1. The highest BCUT2D eigenvalue weighted by atomic mass is 35.5. The third-order valence-electron chi connectivity index (χ3n) is 4.25. The van der Waals surface area contributed by atoms with Crippen LogP contribution in [-0.2, 0) is 12.8 Å². The number of rotatable bonds is 5. The zero-order chi connectivity index (χ0) is 16.4. The first-order valence-electron chi connectivity index (χ1n) is 7.67. The lowest BCUT2D eigenvalue weighted by atomic mass is 9.96. The number of aliphatic hydroxyl groups excluding tert-OH is 1. The Bertz CT molecular complexity index is 839. The lowest BCUT2D eigenvalue weighted by Gasteiger charge is -2.13. The number of aromatic nitrogens is 1. The molecule has 23 heavy (non-hydrogen) atoms. The summed E-state index contributed by atoms with van der Waals surface area (Å²) in [5.41, 5.74) is 5.46. The summed E-state index contributed by atoms with van der Waals surface area (Å²) < 4.78 is 5.59. The van der Waals surface area contributed by atoms with Crippen LogP contribution in [0.15, 0.2) is 36.4 Å². The number of aromatic amines is 1. The van der Waals surface area contributed by atoms with Gasteiger partial charge in [0.25, 0.3) is 0 Å². The van der Waals surface area contributed by atoms with Crippen molar-refractivity contribution in [1.29, 1.82) is 0 Å². The van der Waals surface area contributed by atoms with Crippen molar-refractivity contribution in [3.63, 3.8) is 0 Å². The van der Waals surface area contributed by atoms with E-state index in [-0.39, 0.29) is 6.61 Å². The summed E-state index contributed by atoms with van der Waals surface area (Å²) in [4.78, 5) is 3.40. The molecule has 3 aromatic rings. The normalized spacial score (nSPS) is 11.1. The molecule has 0 spiro atoms. The van der Waals surface area contributed by atoms with Crippen LogP contribution in [0.3, 0.4) is 0 Å². The van der Waals surface area contributed by atoms with E-state index in [1.54, 1.807) is 7.11 Å². The van der Waals surface area contributed by atoms with Crippen LogP contribution in [0.4, 0.5) is 0 Å². The third kappa shape index (κ3) is 2.94. The van der Waals surface area contributed by atoms with Gasteiger partial charge in [-0.1, -0.05) is 29.8 Å². The average molecular weight is 330 g/mol. The molecule has 0 aliphatic carbocycles. The fourth-order valence-corrected chi connectivity index (χ4v) is 3.37. The Morgan fingerprint density at radius 3 is 2.61 bits per heavy atom. The number of fused-ring (bicyclic) bond motifs is 1. The van der Waals surface area contributed by atoms with E-state index in [2.05, 4.69) is 4.98 Å². The largest absolute Gasteiger partial charge is 0.496 e. The molecule has 0 aliphatic rings. The Balaban J connectivity index is 2.22. The molecule has 3 rings (SSSR count). The molecule has 0 saturated carbocycles. The van der Waals surface area contributed by atoms with Crippen molar-refractivity contribution in [3.05, 3.63) is 63.8 Å². The zero-order valence-corrected chi connectivity index (χ0v) is 14.1. The molecule has 120 valence electrons. The number of aryl methyl sites for hydroxylation is 1. The molecule has 0 saturated heterocycles. The first-order chi connectivity index (χ1) is 11.2. The van der Waals surface area contributed by atoms with Crippen LogP contribution in [0, 0.1) is 6.92 Å². The second kappa shape index (κ2) is 6.65. The van der Waals surface area contributed by atoms with Crippen molar-refractivity contribution < 1.29 is 9.84 Å². The highest BCUT2D eigenvalue weighted by molar-refractivity contribution is 6.31. The van der Waals surface area contributed by atoms with E-state index in [1.165, 1.54) is 0 Å². The molecular formula is C19H20ClNO2. The molecule has 0 fully saturated rings. The second-order valence-electron chi connectivity index (χ2n) is 5.64. The maximum absolute atomic E-state index is 9.41. The van der Waals surface area contributed by atoms with Crippen LogP contribution in [0.5, 0.6) is 5.75 Å². The molecule has 2 aromatic carbocycles. The Morgan fingerprint density at radius 2 is 1.91 bits per heavy atom. The predicted octanol–water partition coefficient (Wildman–Crippen LogP) is 4.26. The minimum atomic E-state index is 0.122. The smallest absolute Gasteiger partial charge is 0.123 e. The molecule has 3 nitrogen and oxygen atoms in total. The first-order valence-corrected chi connectivity index (χ1v) is 8.04. The van der Waals surface area contributed by atoms with Crippen molar-refractivity contribution in [2.24, 2.45) is 0 Å². The lowest BCUT2D eigenvalue weighted by molar-refractivity contribution is 0.300. The monoisotopic (exact) mass is 329 g/mol. The molecule has 0 atom stereocenters. The standard InChI is InChI=1S/C19H20ClNO2/c1-12-14(9-10-22)19-15(11-13-5-3-4-6-16(13)20)18(23-2)8-7-17(19)21-12/h3-8,21-22H,9-11H2,1-2H3. The molecule has 0 aliphatic heterocycles. The summed E-state index contributed by atoms with van der Waals surface area (Å²) in [7, 11) is 1.68. The van der Waals surface area contributed by atoms with Crippen molar-refractivity contribution in [2.75, 3.05) is 13.7 Å². The zero-order valence-electron chi connectivity index (χ0n) is 13.3. The van der Waals surface area contributed by atoms with E-state index in [0.29, 0.717) is 12.8 Å². The van der Waals surface area contributed by atoms with E-state index < -0.39 is 0 Å². The maximum atomic E-state index is 9.41. The summed E-state index contributed by atoms with van der Waals surface area (Å²) in [6.07, 6.45) is 1.31. The molecule has 1 aromatic heterocycles. The average Bonchev–Trinajstić information content (AvgIpc) is 2.86. The van der Waals surface area contributed by atoms with E-state index in [0.717, 1.165) is 44.1 Å². The van der Waals surface area contributed by atoms with Crippen LogP contribution in [0.25, 0.3) is 10.9 Å². The van der Waals surface area contributed by atoms with Gasteiger partial charge in [-0.05, 0) is 42.7 Å². The maximum Gasteiger partial charge on any atom is 0.123 e. The molecule has 4 heteroatoms. The number of benzene rings is 2. The second-order valence-corrected chi connectivity index (χ2v) is 6.05. The predicted molar refractivity (Wildman–Crippen MR) is 94.6 cm³/mol. The van der Waals surface area contributed by atoms with Gasteiger partial charge in [-0.2, -0.15) is 0 Å². The van der Waals surface area contributed by atoms with E-state index in [9.17, 15) is 5.11 Å². The summed E-state index contributed by atoms with van der Waals surface area (Å²) in [5.74, 6) is 0.843. The molecular weight excluding hydrogens is 310 g/mol. The Hall–Kier alpha value is -1.97. The Labute approximate surface area is 140 Å².